The quantitative estimate of drug-likeness (QED) is 0.769. The highest BCUT2D eigenvalue weighted by atomic mass is 16.3. The Morgan fingerprint density at radius 3 is 3.06 bits per heavy atom. The number of aliphatic hydroxyl groups excluding tert-OH is 1. The van der Waals surface area contributed by atoms with Crippen molar-refractivity contribution in [1.82, 2.24) is 5.32 Å². The Morgan fingerprint density at radius 1 is 1.38 bits per heavy atom. The lowest BCUT2D eigenvalue weighted by molar-refractivity contribution is 0.193. The van der Waals surface area contributed by atoms with E-state index in [1.54, 1.807) is 0 Å². The maximum atomic E-state index is 9.49. The van der Waals surface area contributed by atoms with Crippen LogP contribution in [0.25, 0.3) is 0 Å². The monoisotopic (exact) mass is 218 g/mol. The van der Waals surface area contributed by atoms with Crippen molar-refractivity contribution in [3.05, 3.63) is 29.8 Å². The largest absolute Gasteiger partial charge is 0.392 e. The van der Waals surface area contributed by atoms with E-state index in [0.29, 0.717) is 6.04 Å². The Morgan fingerprint density at radius 2 is 2.25 bits per heavy atom. The van der Waals surface area contributed by atoms with Gasteiger partial charge in [-0.25, -0.2) is 0 Å². The van der Waals surface area contributed by atoms with Crippen LogP contribution in [0.5, 0.6) is 0 Å². The second-order valence-corrected chi connectivity index (χ2v) is 4.82. The number of nitrogens with zero attached hydrogens (tertiary/aromatic N) is 1. The molecule has 0 amide bonds. The minimum atomic E-state index is -0.150. The normalized spacial score (nSPS) is 28.4. The molecule has 0 spiro atoms. The van der Waals surface area contributed by atoms with Crippen LogP contribution in [0.15, 0.2) is 24.3 Å². The Balaban J connectivity index is 1.69. The highest BCUT2D eigenvalue weighted by Gasteiger charge is 2.26. The van der Waals surface area contributed by atoms with Gasteiger partial charge >= 0.3 is 0 Å². The van der Waals surface area contributed by atoms with E-state index in [-0.39, 0.29) is 6.10 Å². The molecule has 2 unspecified atom stereocenters. The third-order valence-electron chi connectivity index (χ3n) is 3.62. The van der Waals surface area contributed by atoms with Crippen LogP contribution in [-0.2, 0) is 6.42 Å². The van der Waals surface area contributed by atoms with Crippen molar-refractivity contribution in [2.24, 2.45) is 0 Å². The molecule has 0 saturated carbocycles. The predicted molar refractivity (Wildman–Crippen MR) is 64.8 cm³/mol. The number of para-hydroxylation sites is 1. The second kappa shape index (κ2) is 4.07. The molecule has 0 bridgehead atoms. The van der Waals surface area contributed by atoms with Gasteiger partial charge in [-0.05, 0) is 24.5 Å². The molecule has 0 aliphatic carbocycles. The van der Waals surface area contributed by atoms with Crippen molar-refractivity contribution in [3.8, 4) is 0 Å². The van der Waals surface area contributed by atoms with Crippen molar-refractivity contribution in [2.75, 3.05) is 24.5 Å². The van der Waals surface area contributed by atoms with E-state index in [2.05, 4.69) is 34.5 Å². The first-order chi connectivity index (χ1) is 7.83. The maximum absolute atomic E-state index is 9.49. The van der Waals surface area contributed by atoms with Crippen molar-refractivity contribution in [3.63, 3.8) is 0 Å². The molecule has 16 heavy (non-hydrogen) atoms. The van der Waals surface area contributed by atoms with E-state index in [0.717, 1.165) is 32.5 Å². The molecule has 2 heterocycles. The van der Waals surface area contributed by atoms with Crippen LogP contribution < -0.4 is 10.2 Å². The fraction of sp³-hybridized carbons (Fsp3) is 0.538. The van der Waals surface area contributed by atoms with E-state index in [1.807, 2.05) is 0 Å². The molecule has 0 radical (unpaired) electrons. The number of benzene rings is 1. The van der Waals surface area contributed by atoms with Crippen molar-refractivity contribution in [2.45, 2.75) is 25.0 Å². The summed E-state index contributed by atoms with van der Waals surface area (Å²) in [6.07, 6.45) is 1.90. The first-order valence-electron chi connectivity index (χ1n) is 6.07. The van der Waals surface area contributed by atoms with Gasteiger partial charge < -0.3 is 15.3 Å². The molecule has 3 nitrogen and oxygen atoms in total. The summed E-state index contributed by atoms with van der Waals surface area (Å²) in [7, 11) is 0. The van der Waals surface area contributed by atoms with E-state index in [4.69, 9.17) is 0 Å². The topological polar surface area (TPSA) is 35.5 Å². The van der Waals surface area contributed by atoms with Crippen LogP contribution >= 0.6 is 0 Å². The van der Waals surface area contributed by atoms with Gasteiger partial charge in [0.1, 0.15) is 0 Å². The molecule has 1 fully saturated rings. The van der Waals surface area contributed by atoms with Crippen molar-refractivity contribution >= 4 is 5.69 Å². The minimum absolute atomic E-state index is 0.150. The third-order valence-corrected chi connectivity index (χ3v) is 3.62. The average Bonchev–Trinajstić information content (AvgIpc) is 2.87. The first kappa shape index (κ1) is 10.1. The van der Waals surface area contributed by atoms with Crippen molar-refractivity contribution < 1.29 is 5.11 Å². The fourth-order valence-corrected chi connectivity index (χ4v) is 2.80. The number of nitrogens with one attached hydrogen (secondary N) is 1. The molecular formula is C13H18N2O. The van der Waals surface area contributed by atoms with Gasteiger partial charge in [0.15, 0.2) is 0 Å². The van der Waals surface area contributed by atoms with Crippen LogP contribution in [0.2, 0.25) is 0 Å². The van der Waals surface area contributed by atoms with Gasteiger partial charge in [0.2, 0.25) is 0 Å². The molecule has 3 rings (SSSR count). The molecule has 1 aromatic carbocycles. The van der Waals surface area contributed by atoms with E-state index < -0.39 is 0 Å². The number of anilines is 1. The van der Waals surface area contributed by atoms with Gasteiger partial charge in [0.25, 0.3) is 0 Å². The van der Waals surface area contributed by atoms with Crippen molar-refractivity contribution in [1.29, 1.82) is 0 Å². The Hall–Kier alpha value is -1.06. The smallest absolute Gasteiger partial charge is 0.0680 e. The maximum Gasteiger partial charge on any atom is 0.0680 e. The molecule has 86 valence electrons. The summed E-state index contributed by atoms with van der Waals surface area (Å²) in [5, 5.41) is 12.9. The zero-order valence-electron chi connectivity index (χ0n) is 9.39. The number of hydrogen-bond donors (Lipinski definition) is 2. The third kappa shape index (κ3) is 1.81. The van der Waals surface area contributed by atoms with Gasteiger partial charge in [-0.15, -0.1) is 0 Å². The first-order valence-corrected chi connectivity index (χ1v) is 6.07. The Kier molecular flexibility index (Phi) is 2.58. The molecule has 1 aromatic rings. The second-order valence-electron chi connectivity index (χ2n) is 4.82. The number of rotatable bonds is 2. The van der Waals surface area contributed by atoms with Crippen LogP contribution in [0.1, 0.15) is 12.0 Å². The molecule has 3 heteroatoms. The van der Waals surface area contributed by atoms with Crippen LogP contribution in [-0.4, -0.2) is 36.9 Å². The summed E-state index contributed by atoms with van der Waals surface area (Å²) < 4.78 is 0. The summed E-state index contributed by atoms with van der Waals surface area (Å²) in [4.78, 5) is 2.44. The van der Waals surface area contributed by atoms with Crippen LogP contribution in [0, 0.1) is 0 Å². The number of β-amino-alcohol motifs (C(OH)–C–C–N with tert-alkyl or cyclic N) is 1. The molecule has 2 N–H and O–H groups in total. The molecule has 2 aliphatic heterocycles. The summed E-state index contributed by atoms with van der Waals surface area (Å²) in [6, 6.07) is 9.08. The van der Waals surface area contributed by atoms with E-state index in [1.165, 1.54) is 11.3 Å². The standard InChI is InChI=1S/C13H18N2O/c16-12-7-11(14-8-12)9-15-6-5-10-3-1-2-4-13(10)15/h1-4,11-12,14,16H,5-9H2. The summed E-state index contributed by atoms with van der Waals surface area (Å²) in [5.41, 5.74) is 2.84. The average molecular weight is 218 g/mol. The zero-order chi connectivity index (χ0) is 11.0. The highest BCUT2D eigenvalue weighted by molar-refractivity contribution is 5.57. The predicted octanol–water partition coefficient (Wildman–Crippen LogP) is 0.772. The van der Waals surface area contributed by atoms with Gasteiger partial charge in [0.05, 0.1) is 6.10 Å². The molecule has 2 aliphatic rings. The van der Waals surface area contributed by atoms with Crippen LogP contribution in [0.4, 0.5) is 5.69 Å². The lowest BCUT2D eigenvalue weighted by Gasteiger charge is -2.23. The lowest BCUT2D eigenvalue weighted by atomic mass is 10.1. The van der Waals surface area contributed by atoms with Crippen LogP contribution in [0.3, 0.4) is 0 Å². The molecule has 2 atom stereocenters. The lowest BCUT2D eigenvalue weighted by Crippen LogP contribution is -2.36. The Bertz CT molecular complexity index is 380. The van der Waals surface area contributed by atoms with Gasteiger partial charge in [0, 0.05) is 31.4 Å². The van der Waals surface area contributed by atoms with E-state index in [9.17, 15) is 5.11 Å². The number of hydrogen-bond acceptors (Lipinski definition) is 3. The number of fused-ring (bicyclic) bond motifs is 1. The fourth-order valence-electron chi connectivity index (χ4n) is 2.80. The summed E-state index contributed by atoms with van der Waals surface area (Å²) >= 11 is 0. The SMILES string of the molecule is OC1CNC(CN2CCc3ccccc32)C1. The van der Waals surface area contributed by atoms with Gasteiger partial charge in [-0.3, -0.25) is 0 Å². The highest BCUT2D eigenvalue weighted by Crippen LogP contribution is 2.27. The molecule has 1 saturated heterocycles. The zero-order valence-corrected chi connectivity index (χ0v) is 9.39. The Labute approximate surface area is 96.1 Å². The molecule has 0 aromatic heterocycles. The number of aliphatic hydroxyl groups is 1. The molecular weight excluding hydrogens is 200 g/mol. The minimum Gasteiger partial charge on any atom is -0.392 e. The van der Waals surface area contributed by atoms with E-state index >= 15 is 0 Å². The summed E-state index contributed by atoms with van der Waals surface area (Å²) in [5.74, 6) is 0. The van der Waals surface area contributed by atoms with Gasteiger partial charge in [-0.1, -0.05) is 18.2 Å². The summed E-state index contributed by atoms with van der Waals surface area (Å²) in [6.45, 7) is 2.89. The van der Waals surface area contributed by atoms with Gasteiger partial charge in [-0.2, -0.15) is 0 Å².